The monoisotopic (exact) mass is 297 g/mol. The maximum atomic E-state index is 4.36. The van der Waals surface area contributed by atoms with Crippen LogP contribution in [-0.4, -0.2) is 22.1 Å². The van der Waals surface area contributed by atoms with Gasteiger partial charge in [-0.05, 0) is 70.4 Å². The Kier molecular flexibility index (Phi) is 4.74. The fraction of sp³-hybridized carbons (Fsp3) is 0.421. The molecule has 1 aliphatic heterocycles. The Morgan fingerprint density at radius 2 is 2.05 bits per heavy atom. The summed E-state index contributed by atoms with van der Waals surface area (Å²) in [4.78, 5) is 6.77. The van der Waals surface area contributed by atoms with Crippen molar-refractivity contribution in [2.45, 2.75) is 53.8 Å². The summed E-state index contributed by atoms with van der Waals surface area (Å²) in [7, 11) is 0. The van der Waals surface area contributed by atoms with Gasteiger partial charge in [0.05, 0.1) is 11.9 Å². The average Bonchev–Trinajstić information content (AvgIpc) is 2.73. The van der Waals surface area contributed by atoms with Gasteiger partial charge in [0.2, 0.25) is 0 Å². The molecule has 2 heterocycles. The minimum absolute atomic E-state index is 0.317. The molecular weight excluding hydrogens is 270 g/mol. The van der Waals surface area contributed by atoms with Crippen molar-refractivity contribution in [3.05, 3.63) is 59.2 Å². The molecular formula is C19H27N3. The lowest BCUT2D eigenvalue weighted by Gasteiger charge is -2.30. The molecule has 2 rings (SSSR count). The van der Waals surface area contributed by atoms with Gasteiger partial charge in [-0.3, -0.25) is 4.98 Å². The second-order valence-corrected chi connectivity index (χ2v) is 6.28. The molecule has 0 radical (unpaired) electrons. The summed E-state index contributed by atoms with van der Waals surface area (Å²) in [6.45, 7) is 16.9. The zero-order valence-electron chi connectivity index (χ0n) is 14.6. The first-order chi connectivity index (χ1) is 10.3. The predicted molar refractivity (Wildman–Crippen MR) is 94.2 cm³/mol. The van der Waals surface area contributed by atoms with Crippen molar-refractivity contribution in [1.29, 1.82) is 0 Å². The molecule has 0 aromatic carbocycles. The first-order valence-electron chi connectivity index (χ1n) is 7.88. The average molecular weight is 297 g/mol. The molecule has 0 fully saturated rings. The van der Waals surface area contributed by atoms with Crippen LogP contribution in [0.5, 0.6) is 0 Å². The second-order valence-electron chi connectivity index (χ2n) is 6.28. The summed E-state index contributed by atoms with van der Waals surface area (Å²) in [6, 6.07) is 2.57. The van der Waals surface area contributed by atoms with Gasteiger partial charge in [0.1, 0.15) is 0 Å². The van der Waals surface area contributed by atoms with Crippen LogP contribution in [0.3, 0.4) is 0 Å². The highest BCUT2D eigenvalue weighted by Gasteiger charge is 2.26. The molecule has 1 atom stereocenters. The molecule has 3 heteroatoms. The Morgan fingerprint density at radius 1 is 1.36 bits per heavy atom. The number of nitrogens with one attached hydrogen (secondary N) is 1. The molecule has 0 saturated carbocycles. The second kappa shape index (κ2) is 6.39. The van der Waals surface area contributed by atoms with Crippen LogP contribution in [0.25, 0.3) is 5.57 Å². The highest BCUT2D eigenvalue weighted by molar-refractivity contribution is 5.77. The third-order valence-corrected chi connectivity index (χ3v) is 4.12. The molecule has 1 aromatic rings. The Morgan fingerprint density at radius 3 is 2.64 bits per heavy atom. The largest absolute Gasteiger partial charge is 0.367 e. The normalized spacial score (nSPS) is 19.0. The molecule has 0 amide bonds. The van der Waals surface area contributed by atoms with E-state index in [0.29, 0.717) is 12.2 Å². The fourth-order valence-electron chi connectivity index (χ4n) is 3.10. The molecule has 0 aliphatic carbocycles. The van der Waals surface area contributed by atoms with Crippen LogP contribution in [0, 0.1) is 13.8 Å². The van der Waals surface area contributed by atoms with Crippen molar-refractivity contribution in [3.8, 4) is 0 Å². The standard InChI is InChI=1S/C19H27N3/c1-8-17(18-9-14(5)20-11-13(18)4)10-19-15(6)21-16(7)22(19)12(2)3/h8-12,16,21H,1H2,2-7H3/b17-10+. The Bertz CT molecular complexity index is 638. The van der Waals surface area contributed by atoms with Crippen molar-refractivity contribution in [2.75, 3.05) is 0 Å². The maximum absolute atomic E-state index is 4.36. The van der Waals surface area contributed by atoms with E-state index in [1.54, 1.807) is 0 Å². The first kappa shape index (κ1) is 16.3. The van der Waals surface area contributed by atoms with E-state index < -0.39 is 0 Å². The highest BCUT2D eigenvalue weighted by Crippen LogP contribution is 2.28. The van der Waals surface area contributed by atoms with E-state index in [0.717, 1.165) is 11.3 Å². The van der Waals surface area contributed by atoms with E-state index in [2.05, 4.69) is 68.5 Å². The van der Waals surface area contributed by atoms with Crippen LogP contribution in [0.2, 0.25) is 0 Å². The zero-order chi connectivity index (χ0) is 16.4. The maximum Gasteiger partial charge on any atom is 0.0962 e. The van der Waals surface area contributed by atoms with Crippen LogP contribution in [-0.2, 0) is 0 Å². The Labute approximate surface area is 134 Å². The van der Waals surface area contributed by atoms with Crippen molar-refractivity contribution < 1.29 is 0 Å². The summed E-state index contributed by atoms with van der Waals surface area (Å²) < 4.78 is 0. The highest BCUT2D eigenvalue weighted by atomic mass is 15.3. The minimum atomic E-state index is 0.317. The van der Waals surface area contributed by atoms with Crippen LogP contribution >= 0.6 is 0 Å². The van der Waals surface area contributed by atoms with Crippen LogP contribution in [0.4, 0.5) is 0 Å². The number of hydrogen-bond acceptors (Lipinski definition) is 3. The van der Waals surface area contributed by atoms with E-state index in [1.165, 1.54) is 22.5 Å². The van der Waals surface area contributed by atoms with Crippen molar-refractivity contribution in [1.82, 2.24) is 15.2 Å². The van der Waals surface area contributed by atoms with Gasteiger partial charge in [-0.1, -0.05) is 12.7 Å². The van der Waals surface area contributed by atoms with E-state index in [1.807, 2.05) is 19.2 Å². The van der Waals surface area contributed by atoms with Gasteiger partial charge in [0, 0.05) is 23.6 Å². The SMILES string of the molecule is C=C/C(=C\C1=C(C)NC(C)N1C(C)C)c1cc(C)ncc1C. The van der Waals surface area contributed by atoms with E-state index in [4.69, 9.17) is 0 Å². The number of pyridine rings is 1. The lowest BCUT2D eigenvalue weighted by molar-refractivity contribution is 0.233. The number of rotatable bonds is 4. The molecule has 118 valence electrons. The summed E-state index contributed by atoms with van der Waals surface area (Å²) in [5.41, 5.74) is 6.99. The number of aromatic nitrogens is 1. The molecule has 1 N–H and O–H groups in total. The summed E-state index contributed by atoms with van der Waals surface area (Å²) in [5.74, 6) is 0. The smallest absolute Gasteiger partial charge is 0.0962 e. The number of allylic oxidation sites excluding steroid dienone is 4. The number of hydrogen-bond donors (Lipinski definition) is 1. The lowest BCUT2D eigenvalue weighted by Crippen LogP contribution is -2.38. The van der Waals surface area contributed by atoms with Crippen LogP contribution in [0.1, 0.15) is 44.5 Å². The summed E-state index contributed by atoms with van der Waals surface area (Å²) in [5, 5.41) is 3.52. The minimum Gasteiger partial charge on any atom is -0.367 e. The zero-order valence-corrected chi connectivity index (χ0v) is 14.6. The molecule has 0 bridgehead atoms. The van der Waals surface area contributed by atoms with Crippen molar-refractivity contribution in [2.24, 2.45) is 0 Å². The van der Waals surface area contributed by atoms with Gasteiger partial charge in [0.25, 0.3) is 0 Å². The Balaban J connectivity index is 2.50. The summed E-state index contributed by atoms with van der Waals surface area (Å²) >= 11 is 0. The van der Waals surface area contributed by atoms with E-state index >= 15 is 0 Å². The molecule has 0 spiro atoms. The van der Waals surface area contributed by atoms with Gasteiger partial charge in [-0.25, -0.2) is 0 Å². The topological polar surface area (TPSA) is 28.2 Å². The van der Waals surface area contributed by atoms with Crippen molar-refractivity contribution in [3.63, 3.8) is 0 Å². The molecule has 1 aromatic heterocycles. The van der Waals surface area contributed by atoms with E-state index in [-0.39, 0.29) is 0 Å². The van der Waals surface area contributed by atoms with Crippen LogP contribution in [0.15, 0.2) is 42.4 Å². The molecule has 1 unspecified atom stereocenters. The third kappa shape index (κ3) is 3.08. The van der Waals surface area contributed by atoms with Crippen molar-refractivity contribution >= 4 is 5.57 Å². The molecule has 3 nitrogen and oxygen atoms in total. The fourth-order valence-corrected chi connectivity index (χ4v) is 3.10. The predicted octanol–water partition coefficient (Wildman–Crippen LogP) is 4.16. The molecule has 0 saturated heterocycles. The summed E-state index contributed by atoms with van der Waals surface area (Å²) in [6.07, 6.45) is 6.42. The van der Waals surface area contributed by atoms with Gasteiger partial charge in [-0.15, -0.1) is 0 Å². The molecule has 22 heavy (non-hydrogen) atoms. The third-order valence-electron chi connectivity index (χ3n) is 4.12. The number of nitrogens with zero attached hydrogens (tertiary/aromatic N) is 2. The molecule has 1 aliphatic rings. The number of aryl methyl sites for hydroxylation is 2. The lowest BCUT2D eigenvalue weighted by atomic mass is 10.00. The van der Waals surface area contributed by atoms with Gasteiger partial charge < -0.3 is 10.2 Å². The first-order valence-corrected chi connectivity index (χ1v) is 7.88. The van der Waals surface area contributed by atoms with Gasteiger partial charge in [0.15, 0.2) is 0 Å². The van der Waals surface area contributed by atoms with E-state index in [9.17, 15) is 0 Å². The quantitative estimate of drug-likeness (QED) is 0.846. The Hall–Kier alpha value is -2.03. The van der Waals surface area contributed by atoms with Gasteiger partial charge >= 0.3 is 0 Å². The van der Waals surface area contributed by atoms with Crippen LogP contribution < -0.4 is 5.32 Å². The van der Waals surface area contributed by atoms with Gasteiger partial charge in [-0.2, -0.15) is 0 Å².